The smallest absolute Gasteiger partial charge is 0.412 e. The minimum Gasteiger partial charge on any atom is -0.449 e. The van der Waals surface area contributed by atoms with Gasteiger partial charge >= 0.3 is 12.2 Å². The van der Waals surface area contributed by atoms with Crippen LogP contribution in [0.3, 0.4) is 0 Å². The first-order valence-corrected chi connectivity index (χ1v) is 11.2. The third-order valence-corrected chi connectivity index (χ3v) is 4.90. The van der Waals surface area contributed by atoms with Gasteiger partial charge in [0.25, 0.3) is 5.92 Å². The van der Waals surface area contributed by atoms with Crippen molar-refractivity contribution in [1.29, 1.82) is 0 Å². The van der Waals surface area contributed by atoms with Crippen LogP contribution >= 0.6 is 0 Å². The number of ether oxygens (including phenoxy) is 3. The summed E-state index contributed by atoms with van der Waals surface area (Å²) in [6.45, 7) is -0.206. The zero-order chi connectivity index (χ0) is 26.4. The van der Waals surface area contributed by atoms with E-state index in [4.69, 9.17) is 19.3 Å². The van der Waals surface area contributed by atoms with E-state index in [0.29, 0.717) is 6.42 Å². The van der Waals surface area contributed by atoms with Crippen LogP contribution in [0.2, 0.25) is 0 Å². The zero-order valence-corrected chi connectivity index (χ0v) is 19.8. The van der Waals surface area contributed by atoms with Crippen LogP contribution in [-0.2, 0) is 25.6 Å². The van der Waals surface area contributed by atoms with Gasteiger partial charge in [-0.2, -0.15) is 0 Å². The van der Waals surface area contributed by atoms with Gasteiger partial charge in [0.2, 0.25) is 6.41 Å². The number of alkyl halides is 2. The topological polar surface area (TPSA) is 139 Å². The van der Waals surface area contributed by atoms with Crippen molar-refractivity contribution in [3.63, 3.8) is 0 Å². The molecule has 13 heteroatoms. The number of rotatable bonds is 12. The molecule has 0 saturated carbocycles. The number of halogens is 2. The highest BCUT2D eigenvalue weighted by molar-refractivity contribution is 5.98. The monoisotopic (exact) mass is 512 g/mol. The molecular formula is C23H30F2N4O7. The molecule has 0 aromatic heterocycles. The van der Waals surface area contributed by atoms with Crippen molar-refractivity contribution < 1.29 is 42.5 Å². The number of benzene rings is 1. The minimum atomic E-state index is -3.15. The third-order valence-electron chi connectivity index (χ3n) is 4.90. The molecule has 1 heterocycles. The number of aliphatic hydroxyl groups excluding tert-OH is 1. The molecule has 3 amide bonds. The maximum Gasteiger partial charge on any atom is 0.412 e. The van der Waals surface area contributed by atoms with Crippen molar-refractivity contribution in [3.8, 4) is 0 Å². The van der Waals surface area contributed by atoms with E-state index in [-0.39, 0.29) is 38.4 Å². The van der Waals surface area contributed by atoms with Crippen molar-refractivity contribution >= 4 is 24.4 Å². The molecule has 0 bridgehead atoms. The maximum absolute atomic E-state index is 14.0. The van der Waals surface area contributed by atoms with Crippen LogP contribution in [0.4, 0.5) is 18.4 Å². The molecule has 1 aliphatic heterocycles. The van der Waals surface area contributed by atoms with Crippen LogP contribution in [0.5, 0.6) is 0 Å². The van der Waals surface area contributed by atoms with Crippen LogP contribution in [-0.4, -0.2) is 79.5 Å². The van der Waals surface area contributed by atoms with E-state index in [2.05, 4.69) is 15.6 Å². The molecule has 198 valence electrons. The number of nitrogens with one attached hydrogen (secondary N) is 2. The Hall–Kier alpha value is -3.58. The number of nitrogens with zero attached hydrogens (tertiary/aromatic N) is 2. The molecule has 1 saturated heterocycles. The molecule has 1 fully saturated rings. The van der Waals surface area contributed by atoms with Crippen molar-refractivity contribution in [3.05, 3.63) is 48.2 Å². The second kappa shape index (κ2) is 14.7. The molecule has 2 rings (SSSR count). The number of carbonyl (C=O) groups excluding carboxylic acids is 3. The summed E-state index contributed by atoms with van der Waals surface area (Å²) in [5.74, 6) is -3.21. The van der Waals surface area contributed by atoms with Gasteiger partial charge in [-0.3, -0.25) is 10.1 Å². The number of aliphatic hydroxyl groups is 1. The lowest BCUT2D eigenvalue weighted by Crippen LogP contribution is -2.40. The summed E-state index contributed by atoms with van der Waals surface area (Å²) in [7, 11) is 1.37. The summed E-state index contributed by atoms with van der Waals surface area (Å²) in [5, 5.41) is 13.9. The predicted molar refractivity (Wildman–Crippen MR) is 124 cm³/mol. The summed E-state index contributed by atoms with van der Waals surface area (Å²) >= 11 is 0. The molecular weight excluding hydrogens is 482 g/mol. The van der Waals surface area contributed by atoms with Crippen molar-refractivity contribution in [2.75, 3.05) is 26.8 Å². The molecule has 36 heavy (non-hydrogen) atoms. The lowest BCUT2D eigenvalue weighted by Gasteiger charge is -2.26. The number of alkyl carbamates (subject to hydrolysis) is 2. The minimum absolute atomic E-state index is 0.0299. The number of amides is 3. The van der Waals surface area contributed by atoms with Crippen molar-refractivity contribution in [1.82, 2.24) is 15.5 Å². The quantitative estimate of drug-likeness (QED) is 0.168. The molecule has 2 unspecified atom stereocenters. The molecule has 0 spiro atoms. The van der Waals surface area contributed by atoms with E-state index < -0.39 is 43.5 Å². The van der Waals surface area contributed by atoms with Gasteiger partial charge in [0, 0.05) is 26.4 Å². The van der Waals surface area contributed by atoms with Gasteiger partial charge in [-0.1, -0.05) is 36.4 Å². The maximum atomic E-state index is 14.0. The number of carbonyl (C=O) groups is 3. The standard InChI is InChI=1S/C23H30F2N4O7/c1-29(20-23(24,25)13-18(14-30)36-20)11-5-9-19(27-16-31)28-22(33)34-12-6-10-26-21(32)35-15-17-7-3-2-4-8-17/h2-5,7-8,11,16,18,20,30H,6,9-10,12-15H2,1H3,(H,26,32)(H,27,28,31,33)/b11-5-. The Balaban J connectivity index is 1.65. The van der Waals surface area contributed by atoms with Crippen LogP contribution in [0.25, 0.3) is 0 Å². The van der Waals surface area contributed by atoms with Crippen LogP contribution < -0.4 is 10.6 Å². The SMILES string of the molecule is CN(/C=C\CC(=NC=O)NC(=O)OCCCNC(=O)OCc1ccccc1)C1OC(CO)CC1(F)F. The second-order valence-electron chi connectivity index (χ2n) is 7.80. The summed E-state index contributed by atoms with van der Waals surface area (Å²) < 4.78 is 43.2. The van der Waals surface area contributed by atoms with Crippen molar-refractivity contribution in [2.24, 2.45) is 4.99 Å². The highest BCUT2D eigenvalue weighted by Crippen LogP contribution is 2.37. The molecule has 1 aromatic rings. The van der Waals surface area contributed by atoms with E-state index in [1.807, 2.05) is 30.3 Å². The van der Waals surface area contributed by atoms with Gasteiger partial charge < -0.3 is 29.5 Å². The van der Waals surface area contributed by atoms with E-state index in [0.717, 1.165) is 10.5 Å². The molecule has 11 nitrogen and oxygen atoms in total. The Morgan fingerprint density at radius 3 is 2.69 bits per heavy atom. The summed E-state index contributed by atoms with van der Waals surface area (Å²) in [5.41, 5.74) is 0.849. The molecule has 2 atom stereocenters. The fourth-order valence-corrected chi connectivity index (χ4v) is 3.20. The highest BCUT2D eigenvalue weighted by atomic mass is 19.3. The summed E-state index contributed by atoms with van der Waals surface area (Å²) in [4.78, 5) is 39.0. The first kappa shape index (κ1) is 28.7. The lowest BCUT2D eigenvalue weighted by atomic mass is 10.2. The average molecular weight is 513 g/mol. The number of hydrogen-bond donors (Lipinski definition) is 3. The number of aliphatic imine (C=N–C) groups is 1. The Bertz CT molecular complexity index is 915. The first-order chi connectivity index (χ1) is 17.2. The van der Waals surface area contributed by atoms with Crippen molar-refractivity contribution in [2.45, 2.75) is 44.1 Å². The number of amidine groups is 1. The Kier molecular flexibility index (Phi) is 11.7. The van der Waals surface area contributed by atoms with E-state index in [9.17, 15) is 23.2 Å². The number of hydrogen-bond acceptors (Lipinski definition) is 8. The Morgan fingerprint density at radius 1 is 1.28 bits per heavy atom. The van der Waals surface area contributed by atoms with Gasteiger partial charge in [0.1, 0.15) is 12.4 Å². The normalized spacial score (nSPS) is 19.1. The predicted octanol–water partition coefficient (Wildman–Crippen LogP) is 2.16. The Morgan fingerprint density at radius 2 is 2.03 bits per heavy atom. The summed E-state index contributed by atoms with van der Waals surface area (Å²) in [6.07, 6.45) is -1.42. The molecule has 0 aliphatic carbocycles. The van der Waals surface area contributed by atoms with E-state index in [1.54, 1.807) is 0 Å². The van der Waals surface area contributed by atoms with Crippen LogP contribution in [0.1, 0.15) is 24.8 Å². The van der Waals surface area contributed by atoms with Gasteiger partial charge in [0.05, 0.1) is 19.3 Å². The zero-order valence-electron chi connectivity index (χ0n) is 19.8. The van der Waals surface area contributed by atoms with Gasteiger partial charge in [-0.15, -0.1) is 0 Å². The average Bonchev–Trinajstić information content (AvgIpc) is 3.17. The molecule has 1 aromatic carbocycles. The fraction of sp³-hybridized carbons (Fsp3) is 0.478. The van der Waals surface area contributed by atoms with E-state index >= 15 is 0 Å². The van der Waals surface area contributed by atoms with Gasteiger partial charge in [-0.05, 0) is 18.2 Å². The summed E-state index contributed by atoms with van der Waals surface area (Å²) in [6, 6.07) is 9.17. The second-order valence-corrected chi connectivity index (χ2v) is 7.80. The molecule has 1 aliphatic rings. The van der Waals surface area contributed by atoms with Crippen LogP contribution in [0, 0.1) is 0 Å². The Labute approximate surface area is 207 Å². The first-order valence-electron chi connectivity index (χ1n) is 11.2. The largest absolute Gasteiger partial charge is 0.449 e. The van der Waals surface area contributed by atoms with E-state index in [1.165, 1.54) is 19.3 Å². The van der Waals surface area contributed by atoms with Gasteiger partial charge in [-0.25, -0.2) is 23.4 Å². The van der Waals surface area contributed by atoms with Crippen LogP contribution in [0.15, 0.2) is 47.6 Å². The lowest BCUT2D eigenvalue weighted by molar-refractivity contribution is -0.133. The van der Waals surface area contributed by atoms with Gasteiger partial charge in [0.15, 0.2) is 6.23 Å². The highest BCUT2D eigenvalue weighted by Gasteiger charge is 2.51. The fourth-order valence-electron chi connectivity index (χ4n) is 3.20. The third kappa shape index (κ3) is 9.96. The molecule has 3 N–H and O–H groups in total. The molecule has 0 radical (unpaired) electrons.